The zero-order valence-corrected chi connectivity index (χ0v) is 30.4. The highest BCUT2D eigenvalue weighted by Crippen LogP contribution is 2.40. The molecule has 2 aliphatic rings. The first-order valence-electron chi connectivity index (χ1n) is 18.5. The van der Waals surface area contributed by atoms with Crippen LogP contribution in [0.4, 0.5) is 0 Å². The van der Waals surface area contributed by atoms with Gasteiger partial charge < -0.3 is 14.7 Å². The second kappa shape index (κ2) is 12.3. The van der Waals surface area contributed by atoms with Gasteiger partial charge in [-0.15, -0.1) is 0 Å². The minimum atomic E-state index is -0.175. The van der Waals surface area contributed by atoms with E-state index in [0.717, 1.165) is 43.8 Å². The average molecular weight is 725 g/mol. The predicted octanol–water partition coefficient (Wildman–Crippen LogP) is 11.0. The van der Waals surface area contributed by atoms with E-state index in [0.29, 0.717) is 57.4 Å². The zero-order chi connectivity index (χ0) is 37.4. The third-order valence-corrected chi connectivity index (χ3v) is 10.8. The highest BCUT2D eigenvalue weighted by molar-refractivity contribution is 6.09. The minimum Gasteiger partial charge on any atom is -0.457 e. The second-order valence-corrected chi connectivity index (χ2v) is 14.5. The number of rotatable bonds is 4. The Morgan fingerprint density at radius 2 is 0.821 bits per heavy atom. The van der Waals surface area contributed by atoms with E-state index in [9.17, 15) is 0 Å². The van der Waals surface area contributed by atoms with Crippen molar-refractivity contribution in [3.8, 4) is 57.1 Å². The van der Waals surface area contributed by atoms with Gasteiger partial charge in [-0.1, -0.05) is 141 Å². The number of aromatic amines is 2. The molecule has 9 nitrogen and oxygen atoms in total. The van der Waals surface area contributed by atoms with Crippen LogP contribution < -0.4 is 4.74 Å². The van der Waals surface area contributed by atoms with Crippen LogP contribution in [0.15, 0.2) is 146 Å². The maximum Gasteiger partial charge on any atom is 0.164 e. The molecule has 0 spiro atoms. The first kappa shape index (κ1) is 32.0. The molecule has 6 aromatic carbocycles. The number of aromatic nitrogens is 8. The number of hydrogen-bond donors (Lipinski definition) is 2. The zero-order valence-electron chi connectivity index (χ0n) is 30.4. The van der Waals surface area contributed by atoms with Crippen LogP contribution in [0.5, 0.6) is 11.5 Å². The number of benzene rings is 6. The molecule has 8 bridgehead atoms. The standard InChI is InChI=1S/C47H32N8O/c1-47(2,27-13-4-3-5-14-27)28-23-25-29(26-24-28)56-37-22-12-21-36-38(37)46-54-44-35-20-11-10-19-34(35)42(52-44)50-40-31-16-7-6-15-30(31)39(48-40)49-41-32-17-8-9-18-33(32)43(51-41)53-45(36)55-46/h3-26H,1-2H3,(H2,48,49,50,51,52,53,54,55). The van der Waals surface area contributed by atoms with E-state index >= 15 is 0 Å². The van der Waals surface area contributed by atoms with Crippen molar-refractivity contribution in [3.05, 3.63) is 157 Å². The number of H-pyrrole nitrogens is 2. The van der Waals surface area contributed by atoms with Crippen molar-refractivity contribution >= 4 is 44.1 Å². The number of hydrogen-bond acceptors (Lipinski definition) is 7. The van der Waals surface area contributed by atoms with Gasteiger partial charge in [0.25, 0.3) is 0 Å². The van der Waals surface area contributed by atoms with E-state index in [2.05, 4.69) is 60.2 Å². The summed E-state index contributed by atoms with van der Waals surface area (Å²) < 4.78 is 6.70. The monoisotopic (exact) mass is 724 g/mol. The van der Waals surface area contributed by atoms with Crippen molar-refractivity contribution in [2.75, 3.05) is 0 Å². The third kappa shape index (κ3) is 5.09. The molecule has 0 atom stereocenters. The molecular formula is C47H32N8O. The van der Waals surface area contributed by atoms with Gasteiger partial charge in [-0.2, -0.15) is 0 Å². The van der Waals surface area contributed by atoms with Crippen LogP contribution in [0.2, 0.25) is 0 Å². The van der Waals surface area contributed by atoms with Crippen LogP contribution in [0.3, 0.4) is 0 Å². The van der Waals surface area contributed by atoms with Gasteiger partial charge in [0, 0.05) is 43.8 Å². The Hall–Kier alpha value is -7.52. The lowest BCUT2D eigenvalue weighted by Gasteiger charge is -2.26. The van der Waals surface area contributed by atoms with E-state index in [1.54, 1.807) is 0 Å². The van der Waals surface area contributed by atoms with Gasteiger partial charge in [0.05, 0.1) is 5.39 Å². The molecular weight excluding hydrogens is 693 g/mol. The Morgan fingerprint density at radius 1 is 0.393 bits per heavy atom. The quantitative estimate of drug-likeness (QED) is 0.185. The SMILES string of the molecule is CC(C)(c1ccccc1)c1ccc(Oc2cccc3c4nc5nc(nc6[nH]c(nc7nc(nc([nH]4)c23)-c2ccccc2-7)c2ccccc62)-c2ccccc2-5)cc1. The van der Waals surface area contributed by atoms with E-state index in [-0.39, 0.29) is 5.41 Å². The normalized spacial score (nSPS) is 12.1. The Kier molecular flexibility index (Phi) is 6.99. The summed E-state index contributed by atoms with van der Waals surface area (Å²) in [5, 5.41) is 3.47. The van der Waals surface area contributed by atoms with E-state index in [1.165, 1.54) is 11.1 Å². The fourth-order valence-corrected chi connectivity index (χ4v) is 7.83. The smallest absolute Gasteiger partial charge is 0.164 e. The molecule has 0 unspecified atom stereocenters. The Morgan fingerprint density at radius 3 is 1.38 bits per heavy atom. The summed E-state index contributed by atoms with van der Waals surface area (Å²) in [6.07, 6.45) is 0. The average Bonchev–Trinajstić information content (AvgIpc) is 3.97. The minimum absolute atomic E-state index is 0.175. The van der Waals surface area contributed by atoms with Gasteiger partial charge in [0.15, 0.2) is 23.3 Å². The summed E-state index contributed by atoms with van der Waals surface area (Å²) in [6, 6.07) is 49.0. The van der Waals surface area contributed by atoms with Gasteiger partial charge in [-0.3, -0.25) is 0 Å². The maximum absolute atomic E-state index is 6.70. The van der Waals surface area contributed by atoms with Crippen molar-refractivity contribution < 1.29 is 4.74 Å². The van der Waals surface area contributed by atoms with E-state index < -0.39 is 0 Å². The molecule has 2 aliphatic heterocycles. The van der Waals surface area contributed by atoms with Crippen LogP contribution in [0.25, 0.3) is 89.7 Å². The van der Waals surface area contributed by atoms with Crippen LogP contribution in [-0.4, -0.2) is 39.9 Å². The lowest BCUT2D eigenvalue weighted by Crippen LogP contribution is -2.18. The van der Waals surface area contributed by atoms with Crippen molar-refractivity contribution in [2.45, 2.75) is 19.3 Å². The third-order valence-electron chi connectivity index (χ3n) is 10.8. The van der Waals surface area contributed by atoms with Crippen molar-refractivity contribution in [3.63, 3.8) is 0 Å². The fourth-order valence-electron chi connectivity index (χ4n) is 7.83. The van der Waals surface area contributed by atoms with Crippen LogP contribution in [0, 0.1) is 0 Å². The Balaban J connectivity index is 1.16. The maximum atomic E-state index is 6.70. The summed E-state index contributed by atoms with van der Waals surface area (Å²) in [6.45, 7) is 4.47. The van der Waals surface area contributed by atoms with Crippen LogP contribution in [-0.2, 0) is 5.41 Å². The highest BCUT2D eigenvalue weighted by atomic mass is 16.5. The Bertz CT molecular complexity index is 3200. The number of ether oxygens (including phenoxy) is 1. The van der Waals surface area contributed by atoms with Crippen LogP contribution >= 0.6 is 0 Å². The molecule has 2 N–H and O–H groups in total. The molecule has 0 fully saturated rings. The number of fused-ring (bicyclic) bond motifs is 20. The second-order valence-electron chi connectivity index (χ2n) is 14.5. The van der Waals surface area contributed by atoms with Gasteiger partial charge >= 0.3 is 0 Å². The van der Waals surface area contributed by atoms with Crippen molar-refractivity contribution in [2.24, 2.45) is 0 Å². The number of nitrogens with zero attached hydrogens (tertiary/aromatic N) is 6. The molecule has 266 valence electrons. The van der Waals surface area contributed by atoms with E-state index in [1.807, 2.05) is 109 Å². The summed E-state index contributed by atoms with van der Waals surface area (Å²) in [7, 11) is 0. The Labute approximate surface area is 320 Å². The first-order valence-corrected chi connectivity index (χ1v) is 18.5. The molecule has 0 radical (unpaired) electrons. The molecule has 3 aromatic heterocycles. The largest absolute Gasteiger partial charge is 0.457 e. The van der Waals surface area contributed by atoms with Gasteiger partial charge in [0.2, 0.25) is 0 Å². The van der Waals surface area contributed by atoms with Crippen molar-refractivity contribution in [1.82, 2.24) is 39.9 Å². The molecule has 9 heteroatoms. The van der Waals surface area contributed by atoms with Gasteiger partial charge in [0.1, 0.15) is 34.1 Å². The molecule has 0 saturated carbocycles. The summed E-state index contributed by atoms with van der Waals surface area (Å²) in [4.78, 5) is 37.7. The molecule has 0 saturated heterocycles. The molecule has 5 heterocycles. The summed E-state index contributed by atoms with van der Waals surface area (Å²) in [5.74, 6) is 3.54. The van der Waals surface area contributed by atoms with Gasteiger partial charge in [-0.05, 0) is 29.3 Å². The van der Waals surface area contributed by atoms with Crippen molar-refractivity contribution in [1.29, 1.82) is 0 Å². The number of nitrogens with one attached hydrogen (secondary N) is 2. The lowest BCUT2D eigenvalue weighted by molar-refractivity contribution is 0.487. The molecule has 56 heavy (non-hydrogen) atoms. The molecule has 9 aromatic rings. The molecule has 0 aliphatic carbocycles. The molecule has 0 amide bonds. The fraction of sp³-hybridized carbons (Fsp3) is 0.0638. The van der Waals surface area contributed by atoms with E-state index in [4.69, 9.17) is 34.6 Å². The predicted molar refractivity (Wildman–Crippen MR) is 221 cm³/mol. The topological polar surface area (TPSA) is 118 Å². The summed E-state index contributed by atoms with van der Waals surface area (Å²) in [5.41, 5.74) is 8.28. The highest BCUT2D eigenvalue weighted by Gasteiger charge is 2.24. The van der Waals surface area contributed by atoms with Gasteiger partial charge in [-0.25, -0.2) is 29.9 Å². The lowest BCUT2D eigenvalue weighted by atomic mass is 9.78. The first-order chi connectivity index (χ1) is 27.5. The molecule has 11 rings (SSSR count). The van der Waals surface area contributed by atoms with Crippen LogP contribution in [0.1, 0.15) is 25.0 Å². The summed E-state index contributed by atoms with van der Waals surface area (Å²) >= 11 is 0.